The number of cyclic esters (lactones) is 1. The van der Waals surface area contributed by atoms with E-state index in [0.29, 0.717) is 12.0 Å². The molecule has 2 fully saturated rings. The molecule has 0 radical (unpaired) electrons. The Morgan fingerprint density at radius 3 is 2.25 bits per heavy atom. The van der Waals surface area contributed by atoms with Gasteiger partial charge in [0.05, 0.1) is 49.8 Å². The predicted molar refractivity (Wildman–Crippen MR) is 215 cm³/mol. The molecule has 3 heterocycles. The summed E-state index contributed by atoms with van der Waals surface area (Å²) in [4.78, 5) is 13.9. The van der Waals surface area contributed by atoms with E-state index in [2.05, 4.69) is 0 Å². The molecule has 3 rings (SSSR count). The molecule has 2 saturated heterocycles. The van der Waals surface area contributed by atoms with Crippen LogP contribution in [-0.2, 0) is 33.2 Å². The lowest BCUT2D eigenvalue weighted by Crippen LogP contribution is -2.59. The van der Waals surface area contributed by atoms with Crippen molar-refractivity contribution in [1.29, 1.82) is 0 Å². The smallest absolute Gasteiger partial charge is 0.373 e. The number of hydrogen-bond donors (Lipinski definition) is 6. The van der Waals surface area contributed by atoms with Crippen LogP contribution in [0, 0.1) is 35.5 Å². The van der Waals surface area contributed by atoms with Crippen LogP contribution in [0.3, 0.4) is 0 Å². The first kappa shape index (κ1) is 48.9. The van der Waals surface area contributed by atoms with Crippen LogP contribution >= 0.6 is 0 Å². The Labute approximate surface area is 340 Å². The van der Waals surface area contributed by atoms with E-state index in [1.807, 2.05) is 65.8 Å². The Kier molecular flexibility index (Phi) is 18.6. The quantitative estimate of drug-likeness (QED) is 0.141. The van der Waals surface area contributed by atoms with Crippen molar-refractivity contribution in [3.8, 4) is 0 Å². The molecular weight excluding hydrogens is 736 g/mol. The van der Waals surface area contributed by atoms with Gasteiger partial charge in [0.25, 0.3) is 0 Å². The summed E-state index contributed by atoms with van der Waals surface area (Å²) >= 11 is 0. The van der Waals surface area contributed by atoms with Crippen LogP contribution in [-0.4, -0.2) is 124 Å². The van der Waals surface area contributed by atoms with E-state index in [4.69, 9.17) is 28.4 Å². The van der Waals surface area contributed by atoms with Crippen molar-refractivity contribution in [2.75, 3.05) is 14.2 Å². The standard InChI is InChI=1S/C44H72O13/c1-13-15-33-27(6)36(55-37-21-32(45)41(49)31(10)54-37)22-44(51,57-33)30(9)40(48)29(8)42-34(52-11)17-14-16-23(2)18-25(4)38(46)28(7)39(47)26(5)19-24(3)20-35(53-12)43(50)56-42/h13-17,19-20,25-34,36-42,45-49,51H,18,21-22H2,1-12H3/b15-13+,17-14+,23-16+,24-19+,35-20-/t25-,26-,27-,28+,29+,30+,31?,32?,33-,34+,36-,37?,38+,39-,40-,41?,42-,44-/m1/s1. The fraction of sp³-hybridized carbons (Fsp3) is 0.750. The maximum Gasteiger partial charge on any atom is 0.373 e. The van der Waals surface area contributed by atoms with Gasteiger partial charge in [0.2, 0.25) is 5.76 Å². The summed E-state index contributed by atoms with van der Waals surface area (Å²) in [6.45, 7) is 18.1. The van der Waals surface area contributed by atoms with E-state index in [-0.39, 0.29) is 36.4 Å². The molecular formula is C44H72O13. The molecule has 3 aliphatic rings. The molecule has 0 aromatic heterocycles. The molecule has 13 heteroatoms. The van der Waals surface area contributed by atoms with Crippen LogP contribution in [0.1, 0.15) is 88.5 Å². The molecule has 0 aromatic carbocycles. The number of carbonyl (C=O) groups excluding carboxylic acids is 1. The number of aliphatic hydroxyl groups is 6. The van der Waals surface area contributed by atoms with Gasteiger partial charge in [0, 0.05) is 49.5 Å². The second-order valence-electron chi connectivity index (χ2n) is 16.9. The van der Waals surface area contributed by atoms with Gasteiger partial charge in [-0.15, -0.1) is 0 Å². The summed E-state index contributed by atoms with van der Waals surface area (Å²) in [5.41, 5.74) is 1.60. The van der Waals surface area contributed by atoms with Crippen molar-refractivity contribution in [1.82, 2.24) is 0 Å². The van der Waals surface area contributed by atoms with Crippen LogP contribution < -0.4 is 0 Å². The lowest BCUT2D eigenvalue weighted by molar-refractivity contribution is -0.339. The number of carbonyl (C=O) groups is 1. The van der Waals surface area contributed by atoms with Crippen molar-refractivity contribution in [2.45, 2.75) is 162 Å². The third kappa shape index (κ3) is 12.5. The van der Waals surface area contributed by atoms with Gasteiger partial charge in [0.15, 0.2) is 12.1 Å². The summed E-state index contributed by atoms with van der Waals surface area (Å²) in [6, 6.07) is 0. The first-order valence-electron chi connectivity index (χ1n) is 20.4. The zero-order valence-corrected chi connectivity index (χ0v) is 36.0. The van der Waals surface area contributed by atoms with Gasteiger partial charge in [-0.2, -0.15) is 0 Å². The first-order chi connectivity index (χ1) is 26.7. The minimum absolute atomic E-state index is 0.0413. The minimum Gasteiger partial charge on any atom is -0.490 e. The largest absolute Gasteiger partial charge is 0.490 e. The Hall–Kier alpha value is -2.43. The zero-order valence-electron chi connectivity index (χ0n) is 36.0. The van der Waals surface area contributed by atoms with Crippen LogP contribution in [0.15, 0.2) is 59.4 Å². The fourth-order valence-electron chi connectivity index (χ4n) is 8.34. The van der Waals surface area contributed by atoms with E-state index in [9.17, 15) is 35.4 Å². The second-order valence-corrected chi connectivity index (χ2v) is 16.9. The van der Waals surface area contributed by atoms with E-state index in [0.717, 1.165) is 5.57 Å². The highest BCUT2D eigenvalue weighted by atomic mass is 16.7. The van der Waals surface area contributed by atoms with Crippen LogP contribution in [0.2, 0.25) is 0 Å². The molecule has 0 bridgehead atoms. The number of allylic oxidation sites excluding steroid dienone is 6. The normalized spacial score (nSPS) is 44.5. The maximum absolute atomic E-state index is 13.9. The highest BCUT2D eigenvalue weighted by Gasteiger charge is 2.52. The van der Waals surface area contributed by atoms with Gasteiger partial charge < -0.3 is 59.1 Å². The van der Waals surface area contributed by atoms with Gasteiger partial charge in [-0.1, -0.05) is 89.1 Å². The summed E-state index contributed by atoms with van der Waals surface area (Å²) in [6.07, 6.45) is 3.15. The van der Waals surface area contributed by atoms with Crippen LogP contribution in [0.25, 0.3) is 0 Å². The molecule has 326 valence electrons. The number of aliphatic hydroxyl groups excluding tert-OH is 5. The van der Waals surface area contributed by atoms with E-state index in [1.54, 1.807) is 39.8 Å². The molecule has 57 heavy (non-hydrogen) atoms. The molecule has 4 unspecified atom stereocenters. The highest BCUT2D eigenvalue weighted by Crippen LogP contribution is 2.42. The minimum atomic E-state index is -1.93. The number of methoxy groups -OCH3 is 2. The lowest BCUT2D eigenvalue weighted by Gasteiger charge is -2.49. The van der Waals surface area contributed by atoms with Crippen LogP contribution in [0.5, 0.6) is 0 Å². The third-order valence-electron chi connectivity index (χ3n) is 12.3. The Morgan fingerprint density at radius 2 is 1.65 bits per heavy atom. The summed E-state index contributed by atoms with van der Waals surface area (Å²) in [7, 11) is 2.82. The SMILES string of the molecule is C/C=C/[C@H]1O[C@@](O)([C@@H](C)[C@H](O)[C@H](C)[C@H]2OC(=O)/C(OC)=C/C(C)=C/[C@@H](C)[C@@H](O)[C@@H](C)[C@@H](O)[C@H](C)C/C(C)=C/C=C/[C@@H]2OC)C[C@@H](OC2CC(O)C(O)C(C)O2)[C@@H]1C. The van der Waals surface area contributed by atoms with Gasteiger partial charge in [0.1, 0.15) is 18.3 Å². The summed E-state index contributed by atoms with van der Waals surface area (Å²) in [5.74, 6) is -5.84. The molecule has 0 aliphatic carbocycles. The van der Waals surface area contributed by atoms with Crippen molar-refractivity contribution >= 4 is 5.97 Å². The third-order valence-corrected chi connectivity index (χ3v) is 12.3. The molecule has 6 N–H and O–H groups in total. The molecule has 0 amide bonds. The average Bonchev–Trinajstić information content (AvgIpc) is 3.16. The zero-order chi connectivity index (χ0) is 42.9. The van der Waals surface area contributed by atoms with Gasteiger partial charge in [-0.25, -0.2) is 4.79 Å². The average molecular weight is 809 g/mol. The van der Waals surface area contributed by atoms with E-state index < -0.39 is 96.8 Å². The summed E-state index contributed by atoms with van der Waals surface area (Å²) < 4.78 is 36.1. The molecule has 13 nitrogen and oxygen atoms in total. The fourth-order valence-corrected chi connectivity index (χ4v) is 8.34. The lowest BCUT2D eigenvalue weighted by atomic mass is 9.77. The van der Waals surface area contributed by atoms with Crippen molar-refractivity contribution < 1.29 is 63.9 Å². The Bertz CT molecular complexity index is 1430. The Balaban J connectivity index is 2.01. The predicted octanol–water partition coefficient (Wildman–Crippen LogP) is 4.49. The van der Waals surface area contributed by atoms with Crippen molar-refractivity contribution in [3.63, 3.8) is 0 Å². The van der Waals surface area contributed by atoms with Gasteiger partial charge in [-0.05, 0) is 46.1 Å². The molecule has 0 aromatic rings. The van der Waals surface area contributed by atoms with Gasteiger partial charge in [-0.3, -0.25) is 0 Å². The first-order valence-corrected chi connectivity index (χ1v) is 20.4. The van der Waals surface area contributed by atoms with E-state index >= 15 is 0 Å². The highest BCUT2D eigenvalue weighted by molar-refractivity contribution is 5.87. The second kappa shape index (κ2) is 21.7. The maximum atomic E-state index is 13.9. The molecule has 0 saturated carbocycles. The van der Waals surface area contributed by atoms with Crippen LogP contribution in [0.4, 0.5) is 0 Å². The number of rotatable bonds is 9. The van der Waals surface area contributed by atoms with Crippen molar-refractivity contribution in [3.05, 3.63) is 59.4 Å². The van der Waals surface area contributed by atoms with Gasteiger partial charge >= 0.3 is 5.97 Å². The number of ether oxygens (including phenoxy) is 6. The number of esters is 1. The molecule has 18 atom stereocenters. The number of hydrogen-bond acceptors (Lipinski definition) is 13. The topological polar surface area (TPSA) is 194 Å². The summed E-state index contributed by atoms with van der Waals surface area (Å²) in [5, 5.41) is 67.3. The Morgan fingerprint density at radius 1 is 0.982 bits per heavy atom. The molecule has 3 aliphatic heterocycles. The molecule has 0 spiro atoms. The van der Waals surface area contributed by atoms with E-state index in [1.165, 1.54) is 20.3 Å². The monoisotopic (exact) mass is 808 g/mol. The van der Waals surface area contributed by atoms with Crippen molar-refractivity contribution in [2.24, 2.45) is 35.5 Å².